The number of nitrogens with zero attached hydrogens (tertiary/aromatic N) is 4. The fourth-order valence-corrected chi connectivity index (χ4v) is 20.3. The van der Waals surface area contributed by atoms with E-state index in [1.165, 1.54) is 209 Å². The number of rotatable bonds is 10. The van der Waals surface area contributed by atoms with E-state index < -0.39 is 0 Å². The molecule has 27 rings (SSSR count). The number of benzene rings is 21. The molecule has 0 aliphatic heterocycles. The van der Waals surface area contributed by atoms with Gasteiger partial charge in [-0.2, -0.15) is 0 Å². The number of para-hydroxylation sites is 4. The Bertz CT molecular complexity index is 8630. The number of aryl methyl sites for hydroxylation is 2. The SMILES string of the molecule is Cc1ccc(-n2c3ccccc3c3cc(-c4ccc5c(c4)c4ccccc4n5-c4ccc(C)cc4)ccc32)cc1.c1ccc(-c2ccc3oc4ccc(-c5ccc(-c6ccc7oc8ccc(-c9ccccc9)cc8c7c6)cc5)cc4c3c2)cc1.c1ccc2c(-n3c4ccccc4c4cc(-c5ccc6c(c5)c5ccccc5n6-c5cccc6ccccc56)ccc43)cccc2c1. The van der Waals surface area contributed by atoms with Crippen molar-refractivity contribution >= 4 is 153 Å². The summed E-state index contributed by atoms with van der Waals surface area (Å²) in [5, 5.41) is 19.7. The Balaban J connectivity index is 0.000000106. The molecule has 610 valence electrons. The molecule has 0 saturated heterocycles. The molecule has 0 N–H and O–H groups in total. The maximum Gasteiger partial charge on any atom is 0.135 e. The zero-order valence-electron chi connectivity index (χ0n) is 71.5. The smallest absolute Gasteiger partial charge is 0.135 e. The lowest BCUT2D eigenvalue weighted by Crippen LogP contribution is -1.95. The van der Waals surface area contributed by atoms with E-state index in [0.717, 1.165) is 43.9 Å². The molecule has 0 aliphatic carbocycles. The highest BCUT2D eigenvalue weighted by Crippen LogP contribution is 2.45. The normalized spacial score (nSPS) is 11.8. The van der Waals surface area contributed by atoms with Crippen LogP contribution in [0.25, 0.3) is 242 Å². The first-order valence-corrected chi connectivity index (χ1v) is 44.6. The molecule has 0 unspecified atom stereocenters. The van der Waals surface area contributed by atoms with Gasteiger partial charge in [0.1, 0.15) is 22.3 Å². The Morgan fingerprint density at radius 3 is 0.692 bits per heavy atom. The molecule has 21 aromatic carbocycles. The fraction of sp³-hybridized carbons (Fsp3) is 0.0161. The molecule has 6 aromatic heterocycles. The molecular weight excluding hydrogens is 1580 g/mol. The van der Waals surface area contributed by atoms with E-state index in [-0.39, 0.29) is 0 Å². The van der Waals surface area contributed by atoms with Crippen molar-refractivity contribution in [2.45, 2.75) is 13.8 Å². The Labute approximate surface area is 750 Å². The number of furan rings is 2. The van der Waals surface area contributed by atoms with Crippen molar-refractivity contribution < 1.29 is 8.83 Å². The summed E-state index contributed by atoms with van der Waals surface area (Å²) >= 11 is 0. The van der Waals surface area contributed by atoms with Crippen LogP contribution in [0.3, 0.4) is 0 Å². The molecular formula is C124H82N4O2. The number of aromatic nitrogens is 4. The van der Waals surface area contributed by atoms with Gasteiger partial charge in [0.2, 0.25) is 0 Å². The lowest BCUT2D eigenvalue weighted by Gasteiger charge is -2.12. The molecule has 0 aliphatic rings. The van der Waals surface area contributed by atoms with Gasteiger partial charge in [0.15, 0.2) is 0 Å². The van der Waals surface area contributed by atoms with Gasteiger partial charge in [0.05, 0.1) is 55.5 Å². The lowest BCUT2D eigenvalue weighted by molar-refractivity contribution is 0.668. The van der Waals surface area contributed by atoms with E-state index in [1.54, 1.807) is 0 Å². The highest BCUT2D eigenvalue weighted by atomic mass is 16.3. The second-order valence-corrected chi connectivity index (χ2v) is 34.4. The second kappa shape index (κ2) is 31.0. The topological polar surface area (TPSA) is 46.0 Å². The number of hydrogen-bond donors (Lipinski definition) is 0. The maximum absolute atomic E-state index is 6.19. The molecule has 0 atom stereocenters. The van der Waals surface area contributed by atoms with Crippen LogP contribution in [0.15, 0.2) is 470 Å². The largest absolute Gasteiger partial charge is 0.456 e. The van der Waals surface area contributed by atoms with Crippen LogP contribution in [0.2, 0.25) is 0 Å². The lowest BCUT2D eigenvalue weighted by atomic mass is 9.97. The van der Waals surface area contributed by atoms with E-state index in [2.05, 4.69) is 481 Å². The van der Waals surface area contributed by atoms with Crippen molar-refractivity contribution in [1.29, 1.82) is 0 Å². The van der Waals surface area contributed by atoms with Crippen LogP contribution in [0, 0.1) is 13.8 Å². The summed E-state index contributed by atoms with van der Waals surface area (Å²) in [5.74, 6) is 0. The Morgan fingerprint density at radius 2 is 0.369 bits per heavy atom. The first kappa shape index (κ1) is 75.5. The summed E-state index contributed by atoms with van der Waals surface area (Å²) in [7, 11) is 0. The van der Waals surface area contributed by atoms with Crippen molar-refractivity contribution in [3.05, 3.63) is 472 Å². The molecule has 0 amide bonds. The van der Waals surface area contributed by atoms with E-state index >= 15 is 0 Å². The van der Waals surface area contributed by atoms with Crippen LogP contribution in [0.5, 0.6) is 0 Å². The summed E-state index contributed by atoms with van der Waals surface area (Å²) in [4.78, 5) is 0. The Kier molecular flexibility index (Phi) is 18.0. The zero-order valence-corrected chi connectivity index (χ0v) is 71.5. The predicted molar refractivity (Wildman–Crippen MR) is 548 cm³/mol. The van der Waals surface area contributed by atoms with Gasteiger partial charge in [-0.1, -0.05) is 314 Å². The third-order valence-electron chi connectivity index (χ3n) is 26.7. The van der Waals surface area contributed by atoms with Gasteiger partial charge in [-0.15, -0.1) is 0 Å². The molecule has 0 fully saturated rings. The Hall–Kier alpha value is -17.1. The van der Waals surface area contributed by atoms with Gasteiger partial charge < -0.3 is 27.1 Å². The molecule has 27 aromatic rings. The van der Waals surface area contributed by atoms with Crippen LogP contribution < -0.4 is 0 Å². The van der Waals surface area contributed by atoms with Crippen LogP contribution >= 0.6 is 0 Å². The summed E-state index contributed by atoms with van der Waals surface area (Å²) in [5.41, 5.74) is 35.1. The van der Waals surface area contributed by atoms with Crippen LogP contribution in [0.1, 0.15) is 11.1 Å². The molecule has 6 nitrogen and oxygen atoms in total. The summed E-state index contributed by atoms with van der Waals surface area (Å²) in [6.07, 6.45) is 0. The molecule has 130 heavy (non-hydrogen) atoms. The zero-order chi connectivity index (χ0) is 86.0. The first-order chi connectivity index (χ1) is 64.2. The standard InChI is InChI=1S/C44H28N2.C42H26O2.C38H28N2/c1-3-15-33-29(11-1)13-9-21-39(33)45-41-19-7-5-17-35(41)37-27-31(23-25-43(37)45)32-24-26-44-38(28-32)36-18-6-8-20-42(36)46(44)40-22-10-14-30-12-2-4-16-34(30)40;1-3-7-27(8-4-1)31-15-19-39-35(23-31)37-25-33(17-21-41(37)43-39)29-11-13-30(14-12-29)34-18-22-42-38(26-34)36-24-32(16-20-40(36)44-42)28-9-5-2-6-10-28;1-25-11-17-29(18-12-25)39-35-9-5-3-7-31(35)33-23-27(15-21-37(33)39)28-16-22-38-34(24-28)32-8-4-6-10-36(32)40(38)30-19-13-26(2)14-20-30/h1-28H;1-26H;3-24H,1-2H3. The van der Waals surface area contributed by atoms with Crippen molar-refractivity contribution in [3.8, 4) is 89.5 Å². The average molecular weight is 1660 g/mol. The minimum atomic E-state index is 0.904. The second-order valence-electron chi connectivity index (χ2n) is 34.4. The maximum atomic E-state index is 6.19. The highest BCUT2D eigenvalue weighted by Gasteiger charge is 2.22. The fourth-order valence-electron chi connectivity index (χ4n) is 20.3. The van der Waals surface area contributed by atoms with E-state index in [1.807, 2.05) is 12.1 Å². The summed E-state index contributed by atoms with van der Waals surface area (Å²) in [6.45, 7) is 4.27. The molecule has 6 heterocycles. The summed E-state index contributed by atoms with van der Waals surface area (Å²) in [6, 6.07) is 167. The first-order valence-electron chi connectivity index (χ1n) is 44.6. The van der Waals surface area contributed by atoms with Crippen LogP contribution in [-0.2, 0) is 0 Å². The van der Waals surface area contributed by atoms with Gasteiger partial charge in [-0.25, -0.2) is 0 Å². The Morgan fingerprint density at radius 1 is 0.146 bits per heavy atom. The monoisotopic (exact) mass is 1660 g/mol. The minimum Gasteiger partial charge on any atom is -0.456 e. The van der Waals surface area contributed by atoms with Crippen molar-refractivity contribution in [1.82, 2.24) is 18.3 Å². The minimum absolute atomic E-state index is 0.904. The van der Waals surface area contributed by atoms with Gasteiger partial charge >= 0.3 is 0 Å². The number of fused-ring (bicyclic) bond motifs is 20. The van der Waals surface area contributed by atoms with Crippen LogP contribution in [-0.4, -0.2) is 18.3 Å². The van der Waals surface area contributed by atoms with Gasteiger partial charge in [0.25, 0.3) is 0 Å². The van der Waals surface area contributed by atoms with Crippen molar-refractivity contribution in [2.24, 2.45) is 0 Å². The van der Waals surface area contributed by atoms with Gasteiger partial charge in [0, 0.05) is 86.8 Å². The quantitative estimate of drug-likeness (QED) is 0.137. The molecule has 0 spiro atoms. The van der Waals surface area contributed by atoms with Gasteiger partial charge in [-0.05, 0) is 249 Å². The predicted octanol–water partition coefficient (Wildman–Crippen LogP) is 34.2. The third kappa shape index (κ3) is 12.9. The average Bonchev–Trinajstić information content (AvgIpc) is 1.57. The highest BCUT2D eigenvalue weighted by molar-refractivity contribution is 6.17. The van der Waals surface area contributed by atoms with E-state index in [0.29, 0.717) is 0 Å². The summed E-state index contributed by atoms with van der Waals surface area (Å²) < 4.78 is 22.0. The number of hydrogen-bond acceptors (Lipinski definition) is 2. The molecule has 6 heteroatoms. The van der Waals surface area contributed by atoms with Crippen molar-refractivity contribution in [2.75, 3.05) is 0 Å². The third-order valence-corrected chi connectivity index (χ3v) is 26.7. The van der Waals surface area contributed by atoms with Gasteiger partial charge in [-0.3, -0.25) is 0 Å². The molecule has 0 saturated carbocycles. The van der Waals surface area contributed by atoms with Crippen molar-refractivity contribution in [3.63, 3.8) is 0 Å². The van der Waals surface area contributed by atoms with E-state index in [9.17, 15) is 0 Å². The molecule has 0 bridgehead atoms. The van der Waals surface area contributed by atoms with Crippen LogP contribution in [0.4, 0.5) is 0 Å². The van der Waals surface area contributed by atoms with E-state index in [4.69, 9.17) is 8.83 Å². The molecule has 0 radical (unpaired) electrons.